The Morgan fingerprint density at radius 3 is 2.55 bits per heavy atom. The number of fused-ring (bicyclic) bond motifs is 1. The van der Waals surface area contributed by atoms with Crippen molar-refractivity contribution in [2.75, 3.05) is 31.6 Å². The first kappa shape index (κ1) is 25.8. The highest BCUT2D eigenvalue weighted by atomic mass is 32.1. The van der Waals surface area contributed by atoms with Crippen LogP contribution in [0.5, 0.6) is 5.06 Å². The van der Waals surface area contributed by atoms with Gasteiger partial charge in [-0.25, -0.2) is 9.18 Å². The lowest BCUT2D eigenvalue weighted by atomic mass is 9.94. The number of carbonyl (C=O) groups is 2. The molecule has 0 unspecified atom stereocenters. The van der Waals surface area contributed by atoms with E-state index < -0.39 is 11.6 Å². The van der Waals surface area contributed by atoms with Crippen LogP contribution in [-0.4, -0.2) is 53.4 Å². The van der Waals surface area contributed by atoms with Gasteiger partial charge in [-0.2, -0.15) is 5.10 Å². The summed E-state index contributed by atoms with van der Waals surface area (Å²) in [4.78, 5) is 28.4. The van der Waals surface area contributed by atoms with Gasteiger partial charge in [0.15, 0.2) is 10.9 Å². The third kappa shape index (κ3) is 6.01. The molecule has 0 aliphatic carbocycles. The van der Waals surface area contributed by atoms with Crippen molar-refractivity contribution in [2.24, 2.45) is 0 Å². The zero-order valence-corrected chi connectivity index (χ0v) is 21.9. The van der Waals surface area contributed by atoms with E-state index in [1.54, 1.807) is 44.2 Å². The number of aromatic amines is 1. The molecule has 0 saturated carbocycles. The SMILES string of the molecule is CC(C)(NC(=O)Oc1cc2c(NC(=O)c3ccc(CN4CCOCC4)cc3)n[nH]c2s1)c1ccc(F)cc1. The number of anilines is 1. The van der Waals surface area contributed by atoms with Crippen molar-refractivity contribution in [3.05, 3.63) is 77.1 Å². The second-order valence-corrected chi connectivity index (χ2v) is 10.6. The molecule has 1 aliphatic rings. The number of morpholine rings is 1. The highest BCUT2D eigenvalue weighted by Crippen LogP contribution is 2.35. The number of rotatable bonds is 7. The van der Waals surface area contributed by atoms with Crippen molar-refractivity contribution < 1.29 is 23.5 Å². The number of nitrogens with one attached hydrogen (secondary N) is 3. The fourth-order valence-corrected chi connectivity index (χ4v) is 5.06. The normalized spacial score (nSPS) is 14.4. The second kappa shape index (κ2) is 10.9. The first-order valence-electron chi connectivity index (χ1n) is 12.2. The number of ether oxygens (including phenoxy) is 2. The van der Waals surface area contributed by atoms with Crippen LogP contribution in [0.2, 0.25) is 0 Å². The Labute approximate surface area is 222 Å². The average molecular weight is 538 g/mol. The van der Waals surface area contributed by atoms with Crippen LogP contribution in [0.3, 0.4) is 0 Å². The maximum Gasteiger partial charge on any atom is 0.414 e. The molecule has 198 valence electrons. The summed E-state index contributed by atoms with van der Waals surface area (Å²) >= 11 is 1.20. The van der Waals surface area contributed by atoms with Gasteiger partial charge in [-0.05, 0) is 49.2 Å². The Balaban J connectivity index is 1.20. The number of carbonyl (C=O) groups excluding carboxylic acids is 2. The van der Waals surface area contributed by atoms with Crippen molar-refractivity contribution in [1.82, 2.24) is 20.4 Å². The lowest BCUT2D eigenvalue weighted by Gasteiger charge is -2.26. The maximum absolute atomic E-state index is 13.2. The highest BCUT2D eigenvalue weighted by molar-refractivity contribution is 7.20. The minimum Gasteiger partial charge on any atom is -0.399 e. The molecular formula is C27H28FN5O4S. The van der Waals surface area contributed by atoms with Crippen LogP contribution in [0.15, 0.2) is 54.6 Å². The number of H-pyrrole nitrogens is 1. The van der Waals surface area contributed by atoms with E-state index in [1.165, 1.54) is 23.5 Å². The lowest BCUT2D eigenvalue weighted by molar-refractivity contribution is 0.0342. The molecule has 9 nitrogen and oxygen atoms in total. The molecule has 0 bridgehead atoms. The van der Waals surface area contributed by atoms with Gasteiger partial charge in [0.05, 0.1) is 24.1 Å². The number of amides is 2. The first-order chi connectivity index (χ1) is 18.3. The molecule has 2 aromatic carbocycles. The van der Waals surface area contributed by atoms with Gasteiger partial charge in [0.25, 0.3) is 5.91 Å². The summed E-state index contributed by atoms with van der Waals surface area (Å²) in [6.45, 7) is 7.70. The summed E-state index contributed by atoms with van der Waals surface area (Å²) in [7, 11) is 0. The Morgan fingerprint density at radius 2 is 1.84 bits per heavy atom. The van der Waals surface area contributed by atoms with Gasteiger partial charge in [0, 0.05) is 31.3 Å². The fraction of sp³-hybridized carbons (Fsp3) is 0.296. The highest BCUT2D eigenvalue weighted by Gasteiger charge is 2.25. The van der Waals surface area contributed by atoms with Crippen molar-refractivity contribution >= 4 is 39.4 Å². The first-order valence-corrected chi connectivity index (χ1v) is 13.0. The molecule has 38 heavy (non-hydrogen) atoms. The molecule has 0 spiro atoms. The minimum absolute atomic E-state index is 0.288. The Morgan fingerprint density at radius 1 is 1.13 bits per heavy atom. The molecule has 5 rings (SSSR count). The predicted octanol–water partition coefficient (Wildman–Crippen LogP) is 4.87. The molecule has 1 saturated heterocycles. The summed E-state index contributed by atoms with van der Waals surface area (Å²) in [6.07, 6.45) is -0.654. The van der Waals surface area contributed by atoms with E-state index in [-0.39, 0.29) is 11.7 Å². The topological polar surface area (TPSA) is 109 Å². The molecule has 2 amide bonds. The van der Waals surface area contributed by atoms with Crippen molar-refractivity contribution in [2.45, 2.75) is 25.9 Å². The number of hydrogen-bond acceptors (Lipinski definition) is 7. The Hall–Kier alpha value is -3.80. The molecule has 1 aliphatic heterocycles. The van der Waals surface area contributed by atoms with Gasteiger partial charge >= 0.3 is 6.09 Å². The number of aromatic nitrogens is 2. The van der Waals surface area contributed by atoms with E-state index in [0.717, 1.165) is 44.0 Å². The van der Waals surface area contributed by atoms with E-state index in [4.69, 9.17) is 9.47 Å². The number of halogens is 1. The zero-order chi connectivity index (χ0) is 26.7. The predicted molar refractivity (Wildman–Crippen MR) is 143 cm³/mol. The Kier molecular flexibility index (Phi) is 7.41. The van der Waals surface area contributed by atoms with E-state index in [2.05, 4.69) is 25.7 Å². The average Bonchev–Trinajstić information content (AvgIpc) is 3.45. The van der Waals surface area contributed by atoms with Gasteiger partial charge < -0.3 is 20.1 Å². The fourth-order valence-electron chi connectivity index (χ4n) is 4.21. The summed E-state index contributed by atoms with van der Waals surface area (Å²) in [5.74, 6) is -0.289. The number of hydrogen-bond donors (Lipinski definition) is 3. The largest absolute Gasteiger partial charge is 0.414 e. The third-order valence-corrected chi connectivity index (χ3v) is 7.28. The van der Waals surface area contributed by atoms with Crippen molar-refractivity contribution in [3.8, 4) is 5.06 Å². The van der Waals surface area contributed by atoms with Gasteiger partial charge in [0.2, 0.25) is 0 Å². The lowest BCUT2D eigenvalue weighted by Crippen LogP contribution is -2.42. The molecule has 3 heterocycles. The number of benzene rings is 2. The van der Waals surface area contributed by atoms with Crippen LogP contribution in [0.25, 0.3) is 10.2 Å². The molecule has 0 radical (unpaired) electrons. The van der Waals surface area contributed by atoms with Gasteiger partial charge in [-0.15, -0.1) is 0 Å². The Bertz CT molecular complexity index is 1430. The van der Waals surface area contributed by atoms with E-state index in [0.29, 0.717) is 26.7 Å². The van der Waals surface area contributed by atoms with Crippen molar-refractivity contribution in [3.63, 3.8) is 0 Å². The van der Waals surface area contributed by atoms with Crippen LogP contribution in [0.1, 0.15) is 35.3 Å². The van der Waals surface area contributed by atoms with Crippen LogP contribution in [0, 0.1) is 5.82 Å². The van der Waals surface area contributed by atoms with Gasteiger partial charge in [0.1, 0.15) is 10.6 Å². The van der Waals surface area contributed by atoms with Crippen LogP contribution >= 0.6 is 11.3 Å². The summed E-state index contributed by atoms with van der Waals surface area (Å²) in [6, 6.07) is 15.1. The van der Waals surface area contributed by atoms with Gasteiger partial charge in [-0.3, -0.25) is 14.8 Å². The van der Waals surface area contributed by atoms with E-state index in [1.807, 2.05) is 12.1 Å². The molecule has 11 heteroatoms. The van der Waals surface area contributed by atoms with E-state index in [9.17, 15) is 14.0 Å². The molecule has 0 atom stereocenters. The van der Waals surface area contributed by atoms with Gasteiger partial charge in [-0.1, -0.05) is 35.6 Å². The minimum atomic E-state index is -0.776. The molecular weight excluding hydrogens is 509 g/mol. The summed E-state index contributed by atoms with van der Waals surface area (Å²) in [5, 5.41) is 13.6. The molecule has 4 aromatic rings. The quantitative estimate of drug-likeness (QED) is 0.310. The molecule has 2 aromatic heterocycles. The van der Waals surface area contributed by atoms with Crippen LogP contribution in [-0.2, 0) is 16.8 Å². The second-order valence-electron chi connectivity index (χ2n) is 9.57. The summed E-state index contributed by atoms with van der Waals surface area (Å²) in [5.41, 5.74) is 1.60. The zero-order valence-electron chi connectivity index (χ0n) is 21.0. The number of thiophene rings is 1. The van der Waals surface area contributed by atoms with Crippen molar-refractivity contribution in [1.29, 1.82) is 0 Å². The number of nitrogens with zero attached hydrogens (tertiary/aromatic N) is 2. The third-order valence-electron chi connectivity index (χ3n) is 6.37. The summed E-state index contributed by atoms with van der Waals surface area (Å²) < 4.78 is 24.1. The molecule has 1 fully saturated rings. The maximum atomic E-state index is 13.2. The smallest absolute Gasteiger partial charge is 0.399 e. The monoisotopic (exact) mass is 537 g/mol. The standard InChI is InChI=1S/C27H28FN5O4S/c1-27(2,19-7-9-20(28)10-8-19)30-26(35)37-22-15-21-23(31-32-25(21)38-22)29-24(34)18-5-3-17(4-6-18)16-33-11-13-36-14-12-33/h3-10,15H,11-14,16H2,1-2H3,(H,30,35)(H2,29,31,32,34). The molecule has 3 N–H and O–H groups in total. The van der Waals surface area contributed by atoms with Crippen LogP contribution in [0.4, 0.5) is 15.0 Å². The van der Waals surface area contributed by atoms with E-state index >= 15 is 0 Å². The van der Waals surface area contributed by atoms with Crippen LogP contribution < -0.4 is 15.4 Å².